The molecular formula is C17H20O3. The molecule has 1 atom stereocenters. The number of hydrogen-bond donors (Lipinski definition) is 1. The summed E-state index contributed by atoms with van der Waals surface area (Å²) in [5, 5.41) is 9.44. The second kappa shape index (κ2) is 6.96. The molecule has 0 saturated carbocycles. The minimum absolute atomic E-state index is 0.314. The van der Waals surface area contributed by atoms with Crippen LogP contribution in [0.2, 0.25) is 0 Å². The van der Waals surface area contributed by atoms with E-state index in [2.05, 4.69) is 0 Å². The summed E-state index contributed by atoms with van der Waals surface area (Å²) in [5.74, 6) is 2.31. The van der Waals surface area contributed by atoms with Gasteiger partial charge in [-0.2, -0.15) is 0 Å². The van der Waals surface area contributed by atoms with Gasteiger partial charge < -0.3 is 14.6 Å². The Hall–Kier alpha value is -2.00. The highest BCUT2D eigenvalue weighted by molar-refractivity contribution is 5.36. The van der Waals surface area contributed by atoms with E-state index in [1.165, 1.54) is 0 Å². The summed E-state index contributed by atoms with van der Waals surface area (Å²) in [6, 6.07) is 15.3. The Morgan fingerprint density at radius 1 is 1.00 bits per heavy atom. The van der Waals surface area contributed by atoms with Crippen molar-refractivity contribution in [2.24, 2.45) is 0 Å². The van der Waals surface area contributed by atoms with Crippen LogP contribution in [0.5, 0.6) is 17.2 Å². The molecule has 0 heterocycles. The largest absolute Gasteiger partial charge is 0.491 e. The number of aliphatic hydroxyl groups excluding tert-OH is 1. The quantitative estimate of drug-likeness (QED) is 0.865. The maximum absolute atomic E-state index is 9.44. The van der Waals surface area contributed by atoms with Crippen molar-refractivity contribution in [3.63, 3.8) is 0 Å². The van der Waals surface area contributed by atoms with Crippen LogP contribution in [0.3, 0.4) is 0 Å². The van der Waals surface area contributed by atoms with Crippen LogP contribution in [0, 0.1) is 6.92 Å². The Labute approximate surface area is 119 Å². The number of aryl methyl sites for hydroxylation is 1. The molecule has 0 radical (unpaired) electrons. The fourth-order valence-electron chi connectivity index (χ4n) is 1.73. The first-order valence-corrected chi connectivity index (χ1v) is 6.83. The van der Waals surface area contributed by atoms with Crippen molar-refractivity contribution in [3.05, 3.63) is 54.1 Å². The fraction of sp³-hybridized carbons (Fsp3) is 0.294. The standard InChI is InChI=1S/C17H20O3/c1-3-14(18)12-19-15-7-9-16(10-8-15)20-17-6-4-5-13(2)11-17/h4-11,14,18H,3,12H2,1-2H3. The number of aliphatic hydroxyl groups is 1. The van der Waals surface area contributed by atoms with Gasteiger partial charge in [-0.15, -0.1) is 0 Å². The van der Waals surface area contributed by atoms with Gasteiger partial charge in [-0.1, -0.05) is 19.1 Å². The average molecular weight is 272 g/mol. The van der Waals surface area contributed by atoms with Gasteiger partial charge in [-0.3, -0.25) is 0 Å². The lowest BCUT2D eigenvalue weighted by molar-refractivity contribution is 0.104. The molecular weight excluding hydrogens is 252 g/mol. The van der Waals surface area contributed by atoms with Crippen LogP contribution in [0.1, 0.15) is 18.9 Å². The van der Waals surface area contributed by atoms with Crippen molar-refractivity contribution in [3.8, 4) is 17.2 Å². The van der Waals surface area contributed by atoms with E-state index in [0.717, 1.165) is 22.8 Å². The molecule has 2 aromatic carbocycles. The molecule has 0 aliphatic heterocycles. The van der Waals surface area contributed by atoms with Crippen LogP contribution in [-0.4, -0.2) is 17.8 Å². The van der Waals surface area contributed by atoms with Crippen LogP contribution >= 0.6 is 0 Å². The third-order valence-corrected chi connectivity index (χ3v) is 2.96. The maximum Gasteiger partial charge on any atom is 0.127 e. The van der Waals surface area contributed by atoms with Crippen molar-refractivity contribution in [2.75, 3.05) is 6.61 Å². The van der Waals surface area contributed by atoms with Gasteiger partial charge in [0.05, 0.1) is 6.10 Å². The Morgan fingerprint density at radius 3 is 2.35 bits per heavy atom. The van der Waals surface area contributed by atoms with Crippen LogP contribution in [-0.2, 0) is 0 Å². The lowest BCUT2D eigenvalue weighted by Gasteiger charge is -2.11. The first-order valence-electron chi connectivity index (χ1n) is 6.83. The van der Waals surface area contributed by atoms with E-state index in [4.69, 9.17) is 9.47 Å². The van der Waals surface area contributed by atoms with E-state index in [0.29, 0.717) is 13.0 Å². The summed E-state index contributed by atoms with van der Waals surface area (Å²) in [6.45, 7) is 4.27. The molecule has 0 aromatic heterocycles. The zero-order valence-electron chi connectivity index (χ0n) is 11.9. The molecule has 0 aliphatic rings. The number of hydrogen-bond acceptors (Lipinski definition) is 3. The first-order chi connectivity index (χ1) is 9.67. The smallest absolute Gasteiger partial charge is 0.127 e. The zero-order chi connectivity index (χ0) is 14.4. The van der Waals surface area contributed by atoms with Gasteiger partial charge in [0.25, 0.3) is 0 Å². The molecule has 3 heteroatoms. The molecule has 0 fully saturated rings. The molecule has 2 rings (SSSR count). The van der Waals surface area contributed by atoms with Crippen LogP contribution < -0.4 is 9.47 Å². The molecule has 106 valence electrons. The fourth-order valence-corrected chi connectivity index (χ4v) is 1.73. The highest BCUT2D eigenvalue weighted by Gasteiger charge is 2.03. The molecule has 0 spiro atoms. The van der Waals surface area contributed by atoms with Gasteiger partial charge in [0.2, 0.25) is 0 Å². The summed E-state index contributed by atoms with van der Waals surface area (Å²) >= 11 is 0. The lowest BCUT2D eigenvalue weighted by Crippen LogP contribution is -2.15. The van der Waals surface area contributed by atoms with Gasteiger partial charge in [0.1, 0.15) is 23.9 Å². The second-order valence-corrected chi connectivity index (χ2v) is 4.76. The molecule has 20 heavy (non-hydrogen) atoms. The van der Waals surface area contributed by atoms with Crippen molar-refractivity contribution >= 4 is 0 Å². The first kappa shape index (κ1) is 14.4. The highest BCUT2D eigenvalue weighted by Crippen LogP contribution is 2.24. The molecule has 0 amide bonds. The normalized spacial score (nSPS) is 11.9. The minimum atomic E-state index is -0.418. The molecule has 1 unspecified atom stereocenters. The Bertz CT molecular complexity index is 534. The van der Waals surface area contributed by atoms with Crippen molar-refractivity contribution in [2.45, 2.75) is 26.4 Å². The van der Waals surface area contributed by atoms with E-state index in [1.54, 1.807) is 0 Å². The van der Waals surface area contributed by atoms with Gasteiger partial charge in [-0.25, -0.2) is 0 Å². The van der Waals surface area contributed by atoms with Gasteiger partial charge in [0, 0.05) is 0 Å². The number of ether oxygens (including phenoxy) is 2. The molecule has 2 aromatic rings. The SMILES string of the molecule is CCC(O)COc1ccc(Oc2cccc(C)c2)cc1. The summed E-state index contributed by atoms with van der Waals surface area (Å²) < 4.78 is 11.2. The third kappa shape index (κ3) is 4.28. The van der Waals surface area contributed by atoms with Crippen LogP contribution in [0.25, 0.3) is 0 Å². The monoisotopic (exact) mass is 272 g/mol. The zero-order valence-corrected chi connectivity index (χ0v) is 11.9. The lowest BCUT2D eigenvalue weighted by atomic mass is 10.2. The van der Waals surface area contributed by atoms with Crippen molar-refractivity contribution in [1.82, 2.24) is 0 Å². The summed E-state index contributed by atoms with van der Waals surface area (Å²) in [5.41, 5.74) is 1.16. The van der Waals surface area contributed by atoms with Crippen molar-refractivity contribution < 1.29 is 14.6 Å². The molecule has 0 aliphatic carbocycles. The van der Waals surface area contributed by atoms with Crippen molar-refractivity contribution in [1.29, 1.82) is 0 Å². The number of rotatable bonds is 6. The summed E-state index contributed by atoms with van der Waals surface area (Å²) in [4.78, 5) is 0. The van der Waals surface area contributed by atoms with E-state index < -0.39 is 6.10 Å². The van der Waals surface area contributed by atoms with Gasteiger partial charge in [0.15, 0.2) is 0 Å². The van der Waals surface area contributed by atoms with Crippen LogP contribution in [0.4, 0.5) is 0 Å². The Balaban J connectivity index is 1.94. The van der Waals surface area contributed by atoms with E-state index in [-0.39, 0.29) is 0 Å². The predicted molar refractivity (Wildman–Crippen MR) is 79.5 cm³/mol. The van der Waals surface area contributed by atoms with E-state index in [1.807, 2.05) is 62.4 Å². The van der Waals surface area contributed by atoms with E-state index >= 15 is 0 Å². The molecule has 3 nitrogen and oxygen atoms in total. The molecule has 1 N–H and O–H groups in total. The van der Waals surface area contributed by atoms with Gasteiger partial charge >= 0.3 is 0 Å². The second-order valence-electron chi connectivity index (χ2n) is 4.76. The minimum Gasteiger partial charge on any atom is -0.491 e. The van der Waals surface area contributed by atoms with Crippen LogP contribution in [0.15, 0.2) is 48.5 Å². The number of benzene rings is 2. The topological polar surface area (TPSA) is 38.7 Å². The summed E-state index contributed by atoms with van der Waals surface area (Å²) in [7, 11) is 0. The predicted octanol–water partition coefficient (Wildman–Crippen LogP) is 3.94. The van der Waals surface area contributed by atoms with E-state index in [9.17, 15) is 5.11 Å². The van der Waals surface area contributed by atoms with Gasteiger partial charge in [-0.05, 0) is 55.3 Å². The molecule has 0 saturated heterocycles. The third-order valence-electron chi connectivity index (χ3n) is 2.96. The Morgan fingerprint density at radius 2 is 1.70 bits per heavy atom. The Kier molecular flexibility index (Phi) is 5.02. The molecule has 0 bridgehead atoms. The highest BCUT2D eigenvalue weighted by atomic mass is 16.5. The maximum atomic E-state index is 9.44. The average Bonchev–Trinajstić information content (AvgIpc) is 2.46. The summed E-state index contributed by atoms with van der Waals surface area (Å²) in [6.07, 6.45) is 0.271.